The van der Waals surface area contributed by atoms with E-state index in [0.29, 0.717) is 11.3 Å². The van der Waals surface area contributed by atoms with Gasteiger partial charge < -0.3 is 10.6 Å². The Labute approximate surface area is 109 Å². The van der Waals surface area contributed by atoms with E-state index in [4.69, 9.17) is 10.6 Å². The number of hydrazone groups is 1. The van der Waals surface area contributed by atoms with Crippen molar-refractivity contribution >= 4 is 6.21 Å². The fraction of sp³-hybridized carbons (Fsp3) is 0.0714. The largest absolute Gasteiger partial charge is 0.489 e. The number of hydrogen-bond donors (Lipinski definition) is 1. The molecule has 0 atom stereocenters. The van der Waals surface area contributed by atoms with Crippen LogP contribution in [0.25, 0.3) is 0 Å². The van der Waals surface area contributed by atoms with Crippen LogP contribution in [0.4, 0.5) is 8.78 Å². The van der Waals surface area contributed by atoms with Crippen LogP contribution in [0.5, 0.6) is 5.75 Å². The first-order valence-corrected chi connectivity index (χ1v) is 5.59. The molecule has 0 aromatic heterocycles. The van der Waals surface area contributed by atoms with Gasteiger partial charge in [-0.1, -0.05) is 12.1 Å². The number of nitrogens with two attached hydrogens (primary N) is 1. The average molecular weight is 262 g/mol. The molecular formula is C14H12F2N2O. The number of hydrogen-bond acceptors (Lipinski definition) is 3. The first-order valence-electron chi connectivity index (χ1n) is 5.59. The zero-order valence-corrected chi connectivity index (χ0v) is 10.0. The fourth-order valence-electron chi connectivity index (χ4n) is 1.57. The topological polar surface area (TPSA) is 47.6 Å². The summed E-state index contributed by atoms with van der Waals surface area (Å²) in [5, 5.41) is 3.41. The zero-order valence-electron chi connectivity index (χ0n) is 10.0. The van der Waals surface area contributed by atoms with Crippen molar-refractivity contribution in [1.82, 2.24) is 0 Å². The lowest BCUT2D eigenvalue weighted by Crippen LogP contribution is -1.99. The van der Waals surface area contributed by atoms with Gasteiger partial charge in [0.25, 0.3) is 0 Å². The third-order valence-corrected chi connectivity index (χ3v) is 2.49. The van der Waals surface area contributed by atoms with Crippen molar-refractivity contribution in [2.24, 2.45) is 10.9 Å². The van der Waals surface area contributed by atoms with Gasteiger partial charge in [-0.2, -0.15) is 5.10 Å². The summed E-state index contributed by atoms with van der Waals surface area (Å²) in [6, 6.07) is 10.4. The molecule has 98 valence electrons. The molecule has 2 aromatic carbocycles. The van der Waals surface area contributed by atoms with E-state index in [1.54, 1.807) is 18.2 Å². The lowest BCUT2D eigenvalue weighted by atomic mass is 10.2. The predicted molar refractivity (Wildman–Crippen MR) is 68.9 cm³/mol. The van der Waals surface area contributed by atoms with Gasteiger partial charge in [0.1, 0.15) is 24.0 Å². The van der Waals surface area contributed by atoms with Crippen LogP contribution in [0.1, 0.15) is 11.1 Å². The summed E-state index contributed by atoms with van der Waals surface area (Å²) in [5.41, 5.74) is 1.07. The smallest absolute Gasteiger partial charge is 0.132 e. The minimum absolute atomic E-state index is 0.0231. The number of halogens is 2. The first kappa shape index (κ1) is 13.0. The molecule has 2 aromatic rings. The second-order valence-corrected chi connectivity index (χ2v) is 3.88. The molecule has 19 heavy (non-hydrogen) atoms. The molecule has 0 aliphatic rings. The summed E-state index contributed by atoms with van der Waals surface area (Å²) >= 11 is 0. The molecule has 0 saturated heterocycles. The highest BCUT2D eigenvalue weighted by atomic mass is 19.1. The lowest BCUT2D eigenvalue weighted by Gasteiger charge is -2.07. The van der Waals surface area contributed by atoms with Gasteiger partial charge in [0.05, 0.1) is 6.21 Å². The van der Waals surface area contributed by atoms with Crippen molar-refractivity contribution in [3.8, 4) is 5.75 Å². The molecule has 0 unspecified atom stereocenters. The van der Waals surface area contributed by atoms with E-state index in [2.05, 4.69) is 5.10 Å². The van der Waals surface area contributed by atoms with Crippen LogP contribution >= 0.6 is 0 Å². The van der Waals surface area contributed by atoms with Gasteiger partial charge in [-0.05, 0) is 29.8 Å². The Balaban J connectivity index is 2.07. The molecule has 3 nitrogen and oxygen atoms in total. The summed E-state index contributed by atoms with van der Waals surface area (Å²) in [4.78, 5) is 0. The van der Waals surface area contributed by atoms with Gasteiger partial charge in [-0.3, -0.25) is 0 Å². The van der Waals surface area contributed by atoms with E-state index in [1.807, 2.05) is 6.07 Å². The van der Waals surface area contributed by atoms with Gasteiger partial charge in [-0.15, -0.1) is 0 Å². The highest BCUT2D eigenvalue weighted by Crippen LogP contribution is 2.16. The maximum atomic E-state index is 13.4. The Kier molecular flexibility index (Phi) is 4.07. The van der Waals surface area contributed by atoms with Crippen molar-refractivity contribution in [2.45, 2.75) is 6.61 Å². The Morgan fingerprint density at radius 1 is 1.16 bits per heavy atom. The minimum Gasteiger partial charge on any atom is -0.489 e. The van der Waals surface area contributed by atoms with Gasteiger partial charge in [0, 0.05) is 11.6 Å². The third kappa shape index (κ3) is 3.51. The Hall–Kier alpha value is -2.43. The van der Waals surface area contributed by atoms with Gasteiger partial charge >= 0.3 is 0 Å². The first-order chi connectivity index (χ1) is 9.19. The third-order valence-electron chi connectivity index (χ3n) is 2.49. The van der Waals surface area contributed by atoms with Crippen LogP contribution in [-0.4, -0.2) is 6.21 Å². The number of benzene rings is 2. The van der Waals surface area contributed by atoms with E-state index in [-0.39, 0.29) is 6.61 Å². The number of ether oxygens (including phenoxy) is 1. The van der Waals surface area contributed by atoms with Crippen LogP contribution in [0.2, 0.25) is 0 Å². The Bertz CT molecular complexity index is 600. The van der Waals surface area contributed by atoms with E-state index in [1.165, 1.54) is 18.3 Å². The van der Waals surface area contributed by atoms with E-state index in [0.717, 1.165) is 11.6 Å². The molecule has 0 saturated carbocycles. The molecule has 0 bridgehead atoms. The summed E-state index contributed by atoms with van der Waals surface area (Å²) in [7, 11) is 0. The van der Waals surface area contributed by atoms with Crippen molar-refractivity contribution < 1.29 is 13.5 Å². The molecule has 5 heteroatoms. The average Bonchev–Trinajstić information content (AvgIpc) is 2.38. The van der Waals surface area contributed by atoms with Crippen LogP contribution < -0.4 is 10.6 Å². The van der Waals surface area contributed by atoms with E-state index < -0.39 is 11.6 Å². The summed E-state index contributed by atoms with van der Waals surface area (Å²) < 4.78 is 31.6. The molecule has 0 radical (unpaired) electrons. The predicted octanol–water partition coefficient (Wildman–Crippen LogP) is 2.84. The van der Waals surface area contributed by atoms with Crippen molar-refractivity contribution in [3.05, 3.63) is 65.2 Å². The van der Waals surface area contributed by atoms with Crippen LogP contribution in [0, 0.1) is 11.6 Å². The molecule has 2 N–H and O–H groups in total. The van der Waals surface area contributed by atoms with Crippen molar-refractivity contribution in [2.75, 3.05) is 0 Å². The second-order valence-electron chi connectivity index (χ2n) is 3.88. The summed E-state index contributed by atoms with van der Waals surface area (Å²) in [5.74, 6) is 4.38. The fourth-order valence-corrected chi connectivity index (χ4v) is 1.57. The molecule has 0 amide bonds. The van der Waals surface area contributed by atoms with Crippen LogP contribution in [0.3, 0.4) is 0 Å². The van der Waals surface area contributed by atoms with Crippen LogP contribution in [-0.2, 0) is 6.61 Å². The molecule has 0 heterocycles. The summed E-state index contributed by atoms with van der Waals surface area (Å²) in [6.07, 6.45) is 1.48. The molecule has 0 aliphatic carbocycles. The summed E-state index contributed by atoms with van der Waals surface area (Å²) in [6.45, 7) is 0.0231. The molecule has 0 fully saturated rings. The molecule has 0 aliphatic heterocycles. The zero-order chi connectivity index (χ0) is 13.7. The van der Waals surface area contributed by atoms with Gasteiger partial charge in [0.15, 0.2) is 0 Å². The van der Waals surface area contributed by atoms with E-state index >= 15 is 0 Å². The Morgan fingerprint density at radius 2 is 2.00 bits per heavy atom. The van der Waals surface area contributed by atoms with Crippen molar-refractivity contribution in [3.63, 3.8) is 0 Å². The molecule has 0 spiro atoms. The maximum Gasteiger partial charge on any atom is 0.132 e. The van der Waals surface area contributed by atoms with Crippen LogP contribution in [0.15, 0.2) is 47.6 Å². The normalized spacial score (nSPS) is 10.8. The standard InChI is InChI=1S/C14H12F2N2O/c15-12-5-4-11(14(16)7-12)9-19-13-3-1-2-10(6-13)8-18-17/h1-8H,9,17H2. The lowest BCUT2D eigenvalue weighted by molar-refractivity contribution is 0.299. The highest BCUT2D eigenvalue weighted by Gasteiger charge is 2.04. The maximum absolute atomic E-state index is 13.4. The minimum atomic E-state index is -0.625. The highest BCUT2D eigenvalue weighted by molar-refractivity contribution is 5.79. The van der Waals surface area contributed by atoms with Gasteiger partial charge in [-0.25, -0.2) is 8.78 Å². The molecular weight excluding hydrogens is 250 g/mol. The Morgan fingerprint density at radius 3 is 2.74 bits per heavy atom. The van der Waals surface area contributed by atoms with E-state index in [9.17, 15) is 8.78 Å². The van der Waals surface area contributed by atoms with Gasteiger partial charge in [0.2, 0.25) is 0 Å². The molecule has 2 rings (SSSR count). The van der Waals surface area contributed by atoms with Crippen molar-refractivity contribution in [1.29, 1.82) is 0 Å². The SMILES string of the molecule is NN=Cc1cccc(OCc2ccc(F)cc2F)c1. The number of nitrogens with zero attached hydrogens (tertiary/aromatic N) is 1. The second kappa shape index (κ2) is 5.95. The monoisotopic (exact) mass is 262 g/mol. The number of rotatable bonds is 4. The quantitative estimate of drug-likeness (QED) is 0.523.